The molecule has 114 valence electrons. The van der Waals surface area contributed by atoms with Gasteiger partial charge in [0.25, 0.3) is 0 Å². The maximum Gasteiger partial charge on any atom is 0.319 e. The molecule has 2 N–H and O–H groups in total. The molecule has 22 heavy (non-hydrogen) atoms. The number of nitrogens with zero attached hydrogens (tertiary/aromatic N) is 1. The van der Waals surface area contributed by atoms with Crippen LogP contribution < -0.4 is 10.6 Å². The Labute approximate surface area is 128 Å². The molecule has 0 spiro atoms. The van der Waals surface area contributed by atoms with Crippen LogP contribution in [0.25, 0.3) is 0 Å². The Morgan fingerprint density at radius 1 is 1.09 bits per heavy atom. The van der Waals surface area contributed by atoms with Crippen molar-refractivity contribution in [2.75, 3.05) is 18.5 Å². The van der Waals surface area contributed by atoms with Gasteiger partial charge in [-0.15, -0.1) is 0 Å². The number of anilines is 1. The van der Waals surface area contributed by atoms with E-state index in [0.717, 1.165) is 11.1 Å². The first-order chi connectivity index (χ1) is 10.8. The number of urea groups is 1. The molecule has 0 atom stereocenters. The highest BCUT2D eigenvalue weighted by atomic mass is 16.7. The molecule has 0 unspecified atom stereocenters. The number of carbonyl (C=O) groups excluding carboxylic acids is 1. The summed E-state index contributed by atoms with van der Waals surface area (Å²) in [4.78, 5) is 15.7. The summed E-state index contributed by atoms with van der Waals surface area (Å²) in [5.41, 5.74) is 2.70. The van der Waals surface area contributed by atoms with Crippen molar-refractivity contribution in [1.82, 2.24) is 10.3 Å². The fraction of sp³-hybridized carbons (Fsp3) is 0.250. The normalized spacial score (nSPS) is 14.7. The number of benzene rings is 1. The van der Waals surface area contributed by atoms with Crippen LogP contribution in [0.1, 0.15) is 17.4 Å². The van der Waals surface area contributed by atoms with Gasteiger partial charge in [-0.05, 0) is 17.7 Å². The Balaban J connectivity index is 1.49. The second-order valence-corrected chi connectivity index (χ2v) is 4.86. The number of ether oxygens (including phenoxy) is 2. The molecule has 0 radical (unpaired) electrons. The molecule has 0 saturated carbocycles. The van der Waals surface area contributed by atoms with E-state index in [-0.39, 0.29) is 12.3 Å². The fourth-order valence-corrected chi connectivity index (χ4v) is 2.14. The lowest BCUT2D eigenvalue weighted by atomic mass is 10.1. The topological polar surface area (TPSA) is 72.5 Å². The molecule has 2 aromatic rings. The molecule has 3 rings (SSSR count). The van der Waals surface area contributed by atoms with Crippen LogP contribution in [0.4, 0.5) is 10.5 Å². The molecular weight excluding hydrogens is 282 g/mol. The van der Waals surface area contributed by atoms with Crippen molar-refractivity contribution in [2.24, 2.45) is 0 Å². The minimum atomic E-state index is -0.267. The number of rotatable bonds is 4. The summed E-state index contributed by atoms with van der Waals surface area (Å²) in [6.07, 6.45) is 2.99. The molecule has 0 bridgehead atoms. The third-order valence-corrected chi connectivity index (χ3v) is 3.26. The van der Waals surface area contributed by atoms with Crippen LogP contribution in [0.5, 0.6) is 0 Å². The van der Waals surface area contributed by atoms with Crippen LogP contribution >= 0.6 is 0 Å². The van der Waals surface area contributed by atoms with E-state index in [2.05, 4.69) is 15.6 Å². The van der Waals surface area contributed by atoms with E-state index in [1.807, 2.05) is 24.3 Å². The Morgan fingerprint density at radius 3 is 2.45 bits per heavy atom. The average Bonchev–Trinajstić information content (AvgIpc) is 3.09. The van der Waals surface area contributed by atoms with Gasteiger partial charge in [0, 0.05) is 30.2 Å². The summed E-state index contributed by atoms with van der Waals surface area (Å²) < 4.78 is 10.9. The molecular formula is C16H17N3O3. The van der Waals surface area contributed by atoms with Crippen LogP contribution in [0.2, 0.25) is 0 Å². The quantitative estimate of drug-likeness (QED) is 0.909. The fourth-order valence-electron chi connectivity index (χ4n) is 2.14. The van der Waals surface area contributed by atoms with E-state index in [1.54, 1.807) is 24.5 Å². The van der Waals surface area contributed by atoms with Crippen molar-refractivity contribution in [3.8, 4) is 0 Å². The third kappa shape index (κ3) is 3.81. The van der Waals surface area contributed by atoms with Gasteiger partial charge in [-0.2, -0.15) is 0 Å². The number of hydrogen-bond acceptors (Lipinski definition) is 4. The van der Waals surface area contributed by atoms with Crippen LogP contribution in [-0.4, -0.2) is 24.2 Å². The number of amides is 2. The maximum absolute atomic E-state index is 11.8. The van der Waals surface area contributed by atoms with Crippen molar-refractivity contribution in [3.05, 3.63) is 59.9 Å². The molecule has 1 saturated heterocycles. The summed E-state index contributed by atoms with van der Waals surface area (Å²) in [5.74, 6) is 0. The van der Waals surface area contributed by atoms with Crippen LogP contribution in [-0.2, 0) is 16.0 Å². The molecule has 0 aliphatic carbocycles. The van der Waals surface area contributed by atoms with Gasteiger partial charge in [0.1, 0.15) is 0 Å². The zero-order chi connectivity index (χ0) is 15.2. The summed E-state index contributed by atoms with van der Waals surface area (Å²) >= 11 is 0. The van der Waals surface area contributed by atoms with Gasteiger partial charge in [-0.25, -0.2) is 4.79 Å². The minimum Gasteiger partial charge on any atom is -0.346 e. The summed E-state index contributed by atoms with van der Waals surface area (Å²) in [6.45, 7) is 1.70. The van der Waals surface area contributed by atoms with Crippen molar-refractivity contribution in [2.45, 2.75) is 12.8 Å². The molecule has 1 aromatic heterocycles. The van der Waals surface area contributed by atoms with E-state index in [0.29, 0.717) is 25.4 Å². The first-order valence-corrected chi connectivity index (χ1v) is 7.08. The van der Waals surface area contributed by atoms with Gasteiger partial charge in [0.2, 0.25) is 0 Å². The predicted octanol–water partition coefficient (Wildman–Crippen LogP) is 2.45. The first-order valence-electron chi connectivity index (χ1n) is 7.08. The summed E-state index contributed by atoms with van der Waals surface area (Å²) in [7, 11) is 0. The highest BCUT2D eigenvalue weighted by Crippen LogP contribution is 2.23. The predicted molar refractivity (Wildman–Crippen MR) is 81.2 cm³/mol. The Morgan fingerprint density at radius 2 is 1.77 bits per heavy atom. The van der Waals surface area contributed by atoms with Gasteiger partial charge in [-0.3, -0.25) is 4.98 Å². The van der Waals surface area contributed by atoms with Crippen LogP contribution in [0.3, 0.4) is 0 Å². The van der Waals surface area contributed by atoms with Crippen LogP contribution in [0.15, 0.2) is 48.8 Å². The number of aromatic nitrogens is 1. The van der Waals surface area contributed by atoms with Crippen molar-refractivity contribution < 1.29 is 14.3 Å². The molecule has 6 heteroatoms. The standard InChI is InChI=1S/C16H17N3O3/c20-16(19-14-5-7-17-8-6-14)18-11-12-1-3-13(4-2-12)15-21-9-10-22-15/h1-8,15H,9-11H2,(H2,17,18,19,20). The van der Waals surface area contributed by atoms with Crippen molar-refractivity contribution in [3.63, 3.8) is 0 Å². The molecule has 1 aliphatic heterocycles. The highest BCUT2D eigenvalue weighted by molar-refractivity contribution is 5.88. The Hall–Kier alpha value is -2.44. The van der Waals surface area contributed by atoms with Gasteiger partial charge >= 0.3 is 6.03 Å². The zero-order valence-electron chi connectivity index (χ0n) is 12.0. The van der Waals surface area contributed by atoms with Crippen molar-refractivity contribution in [1.29, 1.82) is 0 Å². The van der Waals surface area contributed by atoms with E-state index in [9.17, 15) is 4.79 Å². The smallest absolute Gasteiger partial charge is 0.319 e. The van der Waals surface area contributed by atoms with E-state index >= 15 is 0 Å². The second-order valence-electron chi connectivity index (χ2n) is 4.86. The first kappa shape index (κ1) is 14.5. The SMILES string of the molecule is O=C(NCc1ccc(C2OCCO2)cc1)Nc1ccncc1. The van der Waals surface area contributed by atoms with Gasteiger partial charge in [-0.1, -0.05) is 24.3 Å². The summed E-state index contributed by atoms with van der Waals surface area (Å²) in [5, 5.41) is 5.54. The Bertz CT molecular complexity index is 610. The third-order valence-electron chi connectivity index (χ3n) is 3.26. The van der Waals surface area contributed by atoms with Crippen molar-refractivity contribution >= 4 is 11.7 Å². The monoisotopic (exact) mass is 299 g/mol. The lowest BCUT2D eigenvalue weighted by molar-refractivity contribution is -0.0441. The summed E-state index contributed by atoms with van der Waals surface area (Å²) in [6, 6.07) is 11.0. The van der Waals surface area contributed by atoms with E-state index in [1.165, 1.54) is 0 Å². The Kier molecular flexibility index (Phi) is 4.62. The zero-order valence-corrected chi connectivity index (χ0v) is 12.0. The lowest BCUT2D eigenvalue weighted by Crippen LogP contribution is -2.28. The number of nitrogens with one attached hydrogen (secondary N) is 2. The van der Waals surface area contributed by atoms with Gasteiger partial charge in [0.05, 0.1) is 13.2 Å². The minimum absolute atomic E-state index is 0.252. The average molecular weight is 299 g/mol. The number of hydrogen-bond donors (Lipinski definition) is 2. The largest absolute Gasteiger partial charge is 0.346 e. The van der Waals surface area contributed by atoms with Gasteiger partial charge in [0.15, 0.2) is 6.29 Å². The molecule has 1 aromatic carbocycles. The van der Waals surface area contributed by atoms with Gasteiger partial charge < -0.3 is 20.1 Å². The van der Waals surface area contributed by atoms with Crippen LogP contribution in [0, 0.1) is 0 Å². The lowest BCUT2D eigenvalue weighted by Gasteiger charge is -2.11. The molecule has 6 nitrogen and oxygen atoms in total. The number of carbonyl (C=O) groups is 1. The second kappa shape index (κ2) is 7.02. The maximum atomic E-state index is 11.8. The number of pyridine rings is 1. The van der Waals surface area contributed by atoms with E-state index in [4.69, 9.17) is 9.47 Å². The molecule has 1 aliphatic rings. The molecule has 2 heterocycles. The molecule has 1 fully saturated rings. The highest BCUT2D eigenvalue weighted by Gasteiger charge is 2.17. The van der Waals surface area contributed by atoms with E-state index < -0.39 is 0 Å². The molecule has 2 amide bonds.